The van der Waals surface area contributed by atoms with Gasteiger partial charge in [-0.1, -0.05) is 23.7 Å². The molecule has 0 bridgehead atoms. The molecule has 3 rings (SSSR count). The number of halogens is 2. The highest BCUT2D eigenvalue weighted by Gasteiger charge is 2.13. The van der Waals surface area contributed by atoms with Crippen molar-refractivity contribution in [2.75, 3.05) is 12.4 Å². The molecule has 9 heteroatoms. The average Bonchev–Trinajstić information content (AvgIpc) is 2.68. The number of hydrogen-bond acceptors (Lipinski definition) is 4. The van der Waals surface area contributed by atoms with Gasteiger partial charge in [-0.3, -0.25) is 23.5 Å². The Balaban J connectivity index is 1.86. The lowest BCUT2D eigenvalue weighted by atomic mass is 10.3. The van der Waals surface area contributed by atoms with Crippen LogP contribution in [0.1, 0.15) is 0 Å². The summed E-state index contributed by atoms with van der Waals surface area (Å²) in [5.41, 5.74) is -1.44. The number of amides is 1. The second kappa shape index (κ2) is 8.10. The molecule has 0 radical (unpaired) electrons. The first-order valence-electron chi connectivity index (χ1n) is 8.11. The van der Waals surface area contributed by atoms with Gasteiger partial charge in [0.1, 0.15) is 18.1 Å². The SMILES string of the molecule is COc1ccccc1-n1ccn(CC(=O)Nc2ccc(Cl)cc2F)c(=O)c1=O. The molecule has 28 heavy (non-hydrogen) atoms. The number of methoxy groups -OCH3 is 1. The molecule has 0 atom stereocenters. The van der Waals surface area contributed by atoms with Crippen LogP contribution in [0.4, 0.5) is 10.1 Å². The molecule has 0 aliphatic rings. The van der Waals surface area contributed by atoms with Crippen LogP contribution in [0.2, 0.25) is 5.02 Å². The maximum absolute atomic E-state index is 13.8. The van der Waals surface area contributed by atoms with E-state index in [0.717, 1.165) is 15.2 Å². The van der Waals surface area contributed by atoms with E-state index in [0.29, 0.717) is 11.4 Å². The number of nitrogens with zero attached hydrogens (tertiary/aromatic N) is 2. The Kier molecular flexibility index (Phi) is 5.60. The minimum atomic E-state index is -0.903. The topological polar surface area (TPSA) is 82.3 Å². The first-order valence-corrected chi connectivity index (χ1v) is 8.49. The number of anilines is 1. The van der Waals surface area contributed by atoms with Crippen LogP contribution in [-0.2, 0) is 11.3 Å². The molecule has 0 spiro atoms. The fourth-order valence-electron chi connectivity index (χ4n) is 2.59. The molecule has 0 fully saturated rings. The highest BCUT2D eigenvalue weighted by atomic mass is 35.5. The van der Waals surface area contributed by atoms with Crippen LogP contribution in [0.15, 0.2) is 64.4 Å². The third-order valence-corrected chi connectivity index (χ3v) is 4.16. The Morgan fingerprint density at radius 1 is 1.14 bits per heavy atom. The summed E-state index contributed by atoms with van der Waals surface area (Å²) < 4.78 is 21.0. The number of nitrogens with one attached hydrogen (secondary N) is 1. The molecule has 144 valence electrons. The highest BCUT2D eigenvalue weighted by Crippen LogP contribution is 2.20. The van der Waals surface area contributed by atoms with Gasteiger partial charge in [0.25, 0.3) is 0 Å². The number of rotatable bonds is 5. The number of para-hydroxylation sites is 2. The number of benzene rings is 2. The molecule has 1 amide bonds. The third kappa shape index (κ3) is 3.96. The van der Waals surface area contributed by atoms with Gasteiger partial charge in [-0.15, -0.1) is 0 Å². The fraction of sp³-hybridized carbons (Fsp3) is 0.105. The van der Waals surface area contributed by atoms with Crippen molar-refractivity contribution in [1.82, 2.24) is 9.13 Å². The molecule has 0 saturated carbocycles. The van der Waals surface area contributed by atoms with E-state index in [1.807, 2.05) is 0 Å². The van der Waals surface area contributed by atoms with Crippen molar-refractivity contribution in [1.29, 1.82) is 0 Å². The van der Waals surface area contributed by atoms with E-state index in [-0.39, 0.29) is 10.7 Å². The van der Waals surface area contributed by atoms with Crippen LogP contribution in [0.3, 0.4) is 0 Å². The summed E-state index contributed by atoms with van der Waals surface area (Å²) in [7, 11) is 1.45. The van der Waals surface area contributed by atoms with E-state index in [2.05, 4.69) is 5.32 Å². The van der Waals surface area contributed by atoms with E-state index in [1.165, 1.54) is 31.6 Å². The van der Waals surface area contributed by atoms with Gasteiger partial charge in [0, 0.05) is 17.4 Å². The number of ether oxygens (including phenoxy) is 1. The van der Waals surface area contributed by atoms with Gasteiger partial charge in [-0.2, -0.15) is 0 Å². The molecule has 1 N–H and O–H groups in total. The second-order valence-corrected chi connectivity index (χ2v) is 6.19. The number of carbonyl (C=O) groups excluding carboxylic acids is 1. The number of aromatic nitrogens is 2. The van der Waals surface area contributed by atoms with Gasteiger partial charge >= 0.3 is 11.1 Å². The van der Waals surface area contributed by atoms with Gasteiger partial charge in [0.2, 0.25) is 5.91 Å². The largest absolute Gasteiger partial charge is 0.495 e. The van der Waals surface area contributed by atoms with E-state index < -0.39 is 29.4 Å². The maximum Gasteiger partial charge on any atom is 0.321 e. The quantitative estimate of drug-likeness (QED) is 0.663. The van der Waals surface area contributed by atoms with Crippen LogP contribution in [0.5, 0.6) is 5.75 Å². The van der Waals surface area contributed by atoms with Crippen LogP contribution in [-0.4, -0.2) is 22.2 Å². The number of carbonyl (C=O) groups is 1. The smallest absolute Gasteiger partial charge is 0.321 e. The molecular formula is C19H15ClFN3O4. The molecular weight excluding hydrogens is 389 g/mol. The van der Waals surface area contributed by atoms with Crippen molar-refractivity contribution in [3.63, 3.8) is 0 Å². The molecule has 7 nitrogen and oxygen atoms in total. The maximum atomic E-state index is 13.8. The average molecular weight is 404 g/mol. The van der Waals surface area contributed by atoms with Crippen LogP contribution in [0.25, 0.3) is 5.69 Å². The lowest BCUT2D eigenvalue weighted by Gasteiger charge is -2.12. The minimum Gasteiger partial charge on any atom is -0.495 e. The standard InChI is InChI=1S/C19H15ClFN3O4/c1-28-16-5-3-2-4-15(16)24-9-8-23(18(26)19(24)27)11-17(25)22-14-7-6-12(20)10-13(14)21/h2-10H,11H2,1H3,(H,22,25). The van der Waals surface area contributed by atoms with Gasteiger partial charge < -0.3 is 10.1 Å². The Labute approximate surface area is 163 Å². The molecule has 3 aromatic rings. The lowest BCUT2D eigenvalue weighted by Crippen LogP contribution is -2.41. The lowest BCUT2D eigenvalue weighted by molar-refractivity contribution is -0.116. The molecule has 1 aromatic heterocycles. The Morgan fingerprint density at radius 2 is 1.89 bits per heavy atom. The first-order chi connectivity index (χ1) is 13.4. The molecule has 1 heterocycles. The predicted octanol–water partition coefficient (Wildman–Crippen LogP) is 2.44. The van der Waals surface area contributed by atoms with Gasteiger partial charge in [-0.25, -0.2) is 4.39 Å². The summed E-state index contributed by atoms with van der Waals surface area (Å²) in [6.07, 6.45) is 2.66. The Hall–Kier alpha value is -3.39. The molecule has 0 aliphatic carbocycles. The Bertz CT molecular complexity index is 1160. The summed E-state index contributed by atoms with van der Waals surface area (Å²) in [4.78, 5) is 37.0. The van der Waals surface area contributed by atoms with Gasteiger partial charge in [-0.05, 0) is 30.3 Å². The molecule has 0 unspecified atom stereocenters. The van der Waals surface area contributed by atoms with Crippen molar-refractivity contribution in [3.8, 4) is 11.4 Å². The minimum absolute atomic E-state index is 0.0789. The van der Waals surface area contributed by atoms with Crippen molar-refractivity contribution in [2.45, 2.75) is 6.54 Å². The van der Waals surface area contributed by atoms with E-state index in [1.54, 1.807) is 24.3 Å². The van der Waals surface area contributed by atoms with Gasteiger partial charge in [0.05, 0.1) is 18.5 Å². The zero-order valence-corrected chi connectivity index (χ0v) is 15.4. The summed E-state index contributed by atoms with van der Waals surface area (Å²) in [6, 6.07) is 10.5. The second-order valence-electron chi connectivity index (χ2n) is 5.75. The zero-order valence-electron chi connectivity index (χ0n) is 14.7. The number of hydrogen-bond donors (Lipinski definition) is 1. The fourth-order valence-corrected chi connectivity index (χ4v) is 2.75. The molecule has 0 saturated heterocycles. The molecule has 0 aliphatic heterocycles. The van der Waals surface area contributed by atoms with Crippen molar-refractivity contribution >= 4 is 23.2 Å². The first kappa shape index (κ1) is 19.4. The molecule has 2 aromatic carbocycles. The van der Waals surface area contributed by atoms with Crippen LogP contribution >= 0.6 is 11.6 Å². The van der Waals surface area contributed by atoms with Crippen molar-refractivity contribution in [3.05, 3.63) is 86.4 Å². The summed E-state index contributed by atoms with van der Waals surface area (Å²) >= 11 is 5.66. The highest BCUT2D eigenvalue weighted by molar-refractivity contribution is 6.30. The van der Waals surface area contributed by atoms with E-state index in [9.17, 15) is 18.8 Å². The van der Waals surface area contributed by atoms with Crippen molar-refractivity contribution in [2.24, 2.45) is 0 Å². The van der Waals surface area contributed by atoms with Crippen LogP contribution < -0.4 is 21.2 Å². The van der Waals surface area contributed by atoms with E-state index in [4.69, 9.17) is 16.3 Å². The summed E-state index contributed by atoms with van der Waals surface area (Å²) in [5.74, 6) is -0.963. The van der Waals surface area contributed by atoms with Gasteiger partial charge in [0.15, 0.2) is 0 Å². The predicted molar refractivity (Wildman–Crippen MR) is 103 cm³/mol. The van der Waals surface area contributed by atoms with Crippen LogP contribution in [0, 0.1) is 5.82 Å². The van der Waals surface area contributed by atoms with Crippen molar-refractivity contribution < 1.29 is 13.9 Å². The Morgan fingerprint density at radius 3 is 2.61 bits per heavy atom. The summed E-state index contributed by atoms with van der Waals surface area (Å²) in [5, 5.41) is 2.52. The summed E-state index contributed by atoms with van der Waals surface area (Å²) in [6.45, 7) is -0.455. The van der Waals surface area contributed by atoms with E-state index >= 15 is 0 Å². The monoisotopic (exact) mass is 403 g/mol. The third-order valence-electron chi connectivity index (χ3n) is 3.92. The normalized spacial score (nSPS) is 10.5. The zero-order chi connectivity index (χ0) is 20.3.